The molecule has 214 valence electrons. The molecule has 0 aliphatic carbocycles. The number of hydrogen-bond donors (Lipinski definition) is 1. The van der Waals surface area contributed by atoms with Gasteiger partial charge < -0.3 is 14.7 Å². The number of carbonyl (C=O) groups excluding carboxylic acids is 1. The van der Waals surface area contributed by atoms with E-state index in [4.69, 9.17) is 9.47 Å². The molecular formula is C34H32N2O5S. The summed E-state index contributed by atoms with van der Waals surface area (Å²) in [6, 6.07) is 32.9. The number of ether oxygens (including phenoxy) is 2. The SMILES string of the molecule is COC(=O)C(CCc1ccccc1)Cc1ccc(OCCn2c(=O)sc3cc(C(=NO)c4ccccc4)ccc32)cc1. The van der Waals surface area contributed by atoms with E-state index in [9.17, 15) is 14.8 Å². The molecule has 7 nitrogen and oxygen atoms in total. The van der Waals surface area contributed by atoms with Crippen molar-refractivity contribution in [2.24, 2.45) is 11.1 Å². The van der Waals surface area contributed by atoms with Crippen molar-refractivity contribution < 1.29 is 19.5 Å². The minimum Gasteiger partial charge on any atom is -0.492 e. The van der Waals surface area contributed by atoms with E-state index in [2.05, 4.69) is 17.3 Å². The first kappa shape index (κ1) is 28.8. The highest BCUT2D eigenvalue weighted by atomic mass is 32.1. The van der Waals surface area contributed by atoms with Crippen LogP contribution in [-0.2, 0) is 28.9 Å². The Morgan fingerprint density at radius 1 is 0.905 bits per heavy atom. The molecule has 0 bridgehead atoms. The van der Waals surface area contributed by atoms with Crippen molar-refractivity contribution in [1.82, 2.24) is 4.57 Å². The topological polar surface area (TPSA) is 90.1 Å². The minimum absolute atomic E-state index is 0.0762. The van der Waals surface area contributed by atoms with E-state index in [1.54, 1.807) is 4.57 Å². The summed E-state index contributed by atoms with van der Waals surface area (Å²) in [5.41, 5.74) is 5.01. The van der Waals surface area contributed by atoms with Crippen molar-refractivity contribution in [1.29, 1.82) is 0 Å². The van der Waals surface area contributed by atoms with Crippen molar-refractivity contribution >= 4 is 33.2 Å². The van der Waals surface area contributed by atoms with Gasteiger partial charge in [0.15, 0.2) is 0 Å². The Bertz CT molecular complexity index is 1710. The molecule has 0 radical (unpaired) electrons. The van der Waals surface area contributed by atoms with E-state index in [0.29, 0.717) is 37.5 Å². The van der Waals surface area contributed by atoms with Gasteiger partial charge in [-0.3, -0.25) is 14.2 Å². The molecule has 0 amide bonds. The van der Waals surface area contributed by atoms with Gasteiger partial charge in [0.1, 0.15) is 18.1 Å². The van der Waals surface area contributed by atoms with Crippen LogP contribution in [0.5, 0.6) is 5.75 Å². The Hall–Kier alpha value is -4.69. The third-order valence-electron chi connectivity index (χ3n) is 7.24. The molecular weight excluding hydrogens is 548 g/mol. The Labute approximate surface area is 248 Å². The summed E-state index contributed by atoms with van der Waals surface area (Å²) >= 11 is 1.15. The van der Waals surface area contributed by atoms with Crippen LogP contribution in [0.4, 0.5) is 0 Å². The number of fused-ring (bicyclic) bond motifs is 1. The molecule has 5 rings (SSSR count). The fraction of sp³-hybridized carbons (Fsp3) is 0.206. The number of thiazole rings is 1. The number of rotatable bonds is 12. The monoisotopic (exact) mass is 580 g/mol. The fourth-order valence-electron chi connectivity index (χ4n) is 5.02. The van der Waals surface area contributed by atoms with Gasteiger partial charge in [0.2, 0.25) is 0 Å². The summed E-state index contributed by atoms with van der Waals surface area (Å²) in [5, 5.41) is 13.1. The minimum atomic E-state index is -0.228. The standard InChI is InChI=1S/C34H32N2O5S/c1-40-33(37)28(15-12-24-8-4-2-5-9-24)22-25-13-17-29(18-14-25)41-21-20-36-30-19-16-27(23-31(30)42-34(36)38)32(35-39)26-10-6-3-7-11-26/h2-11,13-14,16-19,23,28,39H,12,15,20-22H2,1H3. The van der Waals surface area contributed by atoms with Gasteiger partial charge in [-0.2, -0.15) is 0 Å². The third kappa shape index (κ3) is 6.95. The summed E-state index contributed by atoms with van der Waals surface area (Å²) in [6.07, 6.45) is 2.11. The number of hydrogen-bond acceptors (Lipinski definition) is 7. The Morgan fingerprint density at radius 3 is 2.31 bits per heavy atom. The van der Waals surface area contributed by atoms with Crippen molar-refractivity contribution in [3.05, 3.63) is 135 Å². The number of methoxy groups -OCH3 is 1. The molecule has 0 aliphatic rings. The molecule has 1 atom stereocenters. The molecule has 0 saturated heterocycles. The van der Waals surface area contributed by atoms with Gasteiger partial charge in [-0.25, -0.2) is 0 Å². The number of nitrogens with zero attached hydrogens (tertiary/aromatic N) is 2. The highest BCUT2D eigenvalue weighted by Crippen LogP contribution is 2.23. The second kappa shape index (κ2) is 13.8. The summed E-state index contributed by atoms with van der Waals surface area (Å²) in [4.78, 5) is 25.1. The van der Waals surface area contributed by atoms with Gasteiger partial charge in [-0.1, -0.05) is 95.4 Å². The first-order valence-electron chi connectivity index (χ1n) is 13.8. The average molecular weight is 581 g/mol. The van der Waals surface area contributed by atoms with Crippen LogP contribution in [0.15, 0.2) is 113 Å². The van der Waals surface area contributed by atoms with Crippen LogP contribution in [0.1, 0.15) is 28.7 Å². The number of aryl methyl sites for hydroxylation is 1. The smallest absolute Gasteiger partial charge is 0.309 e. The van der Waals surface area contributed by atoms with Crippen LogP contribution < -0.4 is 9.61 Å². The average Bonchev–Trinajstić information content (AvgIpc) is 3.35. The lowest BCUT2D eigenvalue weighted by molar-refractivity contribution is -0.145. The summed E-state index contributed by atoms with van der Waals surface area (Å²) in [5.74, 6) is 0.264. The van der Waals surface area contributed by atoms with Gasteiger partial charge in [-0.15, -0.1) is 0 Å². The van der Waals surface area contributed by atoms with Crippen molar-refractivity contribution in [2.45, 2.75) is 25.8 Å². The molecule has 8 heteroatoms. The van der Waals surface area contributed by atoms with Crippen molar-refractivity contribution in [3.8, 4) is 5.75 Å². The summed E-state index contributed by atoms with van der Waals surface area (Å²) < 4.78 is 13.5. The fourth-order valence-corrected chi connectivity index (χ4v) is 5.98. The zero-order valence-electron chi connectivity index (χ0n) is 23.3. The number of aromatic nitrogens is 1. The van der Waals surface area contributed by atoms with E-state index >= 15 is 0 Å². The van der Waals surface area contributed by atoms with E-state index in [1.807, 2.05) is 91.0 Å². The lowest BCUT2D eigenvalue weighted by Crippen LogP contribution is -2.19. The third-order valence-corrected chi connectivity index (χ3v) is 8.18. The van der Waals surface area contributed by atoms with E-state index in [-0.39, 0.29) is 16.8 Å². The molecule has 5 aromatic rings. The van der Waals surface area contributed by atoms with Crippen LogP contribution in [-0.4, -0.2) is 35.2 Å². The van der Waals surface area contributed by atoms with Gasteiger partial charge >= 0.3 is 10.8 Å². The predicted octanol–water partition coefficient (Wildman–Crippen LogP) is 6.33. The Kier molecular flexibility index (Phi) is 9.46. The predicted molar refractivity (Wildman–Crippen MR) is 166 cm³/mol. The highest BCUT2D eigenvalue weighted by Gasteiger charge is 2.20. The molecule has 4 aromatic carbocycles. The number of benzene rings is 4. The van der Waals surface area contributed by atoms with Crippen LogP contribution in [0.3, 0.4) is 0 Å². The summed E-state index contributed by atoms with van der Waals surface area (Å²) in [6.45, 7) is 0.714. The largest absolute Gasteiger partial charge is 0.492 e. The van der Waals surface area contributed by atoms with E-state index < -0.39 is 0 Å². The van der Waals surface area contributed by atoms with Crippen LogP contribution in [0.2, 0.25) is 0 Å². The zero-order chi connectivity index (χ0) is 29.3. The van der Waals surface area contributed by atoms with Crippen LogP contribution >= 0.6 is 11.3 Å². The van der Waals surface area contributed by atoms with Crippen molar-refractivity contribution in [3.63, 3.8) is 0 Å². The van der Waals surface area contributed by atoms with E-state index in [1.165, 1.54) is 12.7 Å². The number of carbonyl (C=O) groups is 1. The quantitative estimate of drug-likeness (QED) is 0.0806. The molecule has 1 heterocycles. The first-order valence-corrected chi connectivity index (χ1v) is 14.6. The van der Waals surface area contributed by atoms with Crippen molar-refractivity contribution in [2.75, 3.05) is 13.7 Å². The lowest BCUT2D eigenvalue weighted by Gasteiger charge is -2.15. The first-order chi connectivity index (χ1) is 20.6. The van der Waals surface area contributed by atoms with Crippen LogP contribution in [0.25, 0.3) is 10.2 Å². The maximum Gasteiger partial charge on any atom is 0.309 e. The highest BCUT2D eigenvalue weighted by molar-refractivity contribution is 7.16. The molecule has 1 N–H and O–H groups in total. The maximum absolute atomic E-state index is 12.8. The molecule has 0 fully saturated rings. The van der Waals surface area contributed by atoms with Gasteiger partial charge in [0.25, 0.3) is 0 Å². The molecule has 0 spiro atoms. The lowest BCUT2D eigenvalue weighted by atomic mass is 9.93. The Balaban J connectivity index is 1.19. The molecule has 0 saturated carbocycles. The number of esters is 1. The van der Waals surface area contributed by atoms with Crippen LogP contribution in [0, 0.1) is 5.92 Å². The molecule has 1 unspecified atom stereocenters. The Morgan fingerprint density at radius 2 is 1.62 bits per heavy atom. The summed E-state index contributed by atoms with van der Waals surface area (Å²) in [7, 11) is 1.43. The molecule has 1 aromatic heterocycles. The van der Waals surface area contributed by atoms with E-state index in [0.717, 1.165) is 44.7 Å². The molecule has 42 heavy (non-hydrogen) atoms. The molecule has 0 aliphatic heterocycles. The zero-order valence-corrected chi connectivity index (χ0v) is 24.1. The van der Waals surface area contributed by atoms with Gasteiger partial charge in [0, 0.05) is 11.1 Å². The second-order valence-electron chi connectivity index (χ2n) is 9.96. The second-order valence-corrected chi connectivity index (χ2v) is 11.0. The van der Waals surface area contributed by atoms with Gasteiger partial charge in [0.05, 0.1) is 29.8 Å². The van der Waals surface area contributed by atoms with Gasteiger partial charge in [-0.05, 0) is 54.7 Å². The normalized spacial score (nSPS) is 12.3. The number of oxime groups is 1. The maximum atomic E-state index is 12.8.